The molecular formula is C27H23N3O5. The first-order valence-electron chi connectivity index (χ1n) is 10.8. The summed E-state index contributed by atoms with van der Waals surface area (Å²) in [4.78, 5) is 50.3. The van der Waals surface area contributed by atoms with Gasteiger partial charge in [0.1, 0.15) is 5.69 Å². The Kier molecular flexibility index (Phi) is 6.46. The maximum atomic E-state index is 13.2. The second kappa shape index (κ2) is 9.64. The summed E-state index contributed by atoms with van der Waals surface area (Å²) in [6.45, 7) is 1.33. The minimum Gasteiger partial charge on any atom is -0.451 e. The molecule has 4 rings (SSSR count). The molecule has 0 spiro atoms. The number of hydrogen-bond donors (Lipinski definition) is 2. The fourth-order valence-corrected chi connectivity index (χ4v) is 3.91. The van der Waals surface area contributed by atoms with E-state index >= 15 is 0 Å². The van der Waals surface area contributed by atoms with Gasteiger partial charge in [-0.2, -0.15) is 0 Å². The van der Waals surface area contributed by atoms with Gasteiger partial charge in [0.15, 0.2) is 6.61 Å². The van der Waals surface area contributed by atoms with Crippen molar-refractivity contribution < 1.29 is 19.1 Å². The van der Waals surface area contributed by atoms with Crippen LogP contribution < -0.4 is 16.6 Å². The topological polar surface area (TPSA) is 120 Å². The number of aryl methyl sites for hydroxylation is 1. The van der Waals surface area contributed by atoms with Crippen molar-refractivity contribution >= 4 is 34.2 Å². The summed E-state index contributed by atoms with van der Waals surface area (Å²) < 4.78 is 6.54. The summed E-state index contributed by atoms with van der Waals surface area (Å²) >= 11 is 0. The molecule has 0 aliphatic rings. The van der Waals surface area contributed by atoms with Gasteiger partial charge < -0.3 is 20.4 Å². The van der Waals surface area contributed by atoms with E-state index in [2.05, 4.69) is 5.32 Å². The fourth-order valence-electron chi connectivity index (χ4n) is 3.91. The van der Waals surface area contributed by atoms with Crippen molar-refractivity contribution in [2.24, 2.45) is 12.8 Å². The molecular weight excluding hydrogens is 446 g/mol. The molecule has 1 heterocycles. The van der Waals surface area contributed by atoms with Crippen molar-refractivity contribution in [3.8, 4) is 11.1 Å². The van der Waals surface area contributed by atoms with E-state index in [1.54, 1.807) is 36.4 Å². The molecule has 0 unspecified atom stereocenters. The number of benzene rings is 3. The molecule has 3 aromatic carbocycles. The van der Waals surface area contributed by atoms with E-state index in [0.717, 1.165) is 11.1 Å². The highest BCUT2D eigenvalue weighted by Gasteiger charge is 2.23. The van der Waals surface area contributed by atoms with Crippen molar-refractivity contribution in [1.29, 1.82) is 0 Å². The first-order valence-corrected chi connectivity index (χ1v) is 10.8. The fraction of sp³-hybridized carbons (Fsp3) is 0.111. The zero-order chi connectivity index (χ0) is 25.1. The number of para-hydroxylation sites is 1. The molecule has 0 fully saturated rings. The van der Waals surface area contributed by atoms with Gasteiger partial charge in [0, 0.05) is 18.0 Å². The Hall–Kier alpha value is -4.72. The first-order chi connectivity index (χ1) is 16.8. The largest absolute Gasteiger partial charge is 0.451 e. The number of nitrogens with zero attached hydrogens (tertiary/aromatic N) is 1. The molecule has 2 amide bonds. The Bertz CT molecular complexity index is 1520. The van der Waals surface area contributed by atoms with E-state index in [1.807, 2.05) is 31.2 Å². The highest BCUT2D eigenvalue weighted by Crippen LogP contribution is 2.31. The minimum absolute atomic E-state index is 0.0305. The van der Waals surface area contributed by atoms with Crippen molar-refractivity contribution in [1.82, 2.24) is 4.57 Å². The second-order valence-electron chi connectivity index (χ2n) is 8.03. The molecule has 0 bridgehead atoms. The molecule has 35 heavy (non-hydrogen) atoms. The summed E-state index contributed by atoms with van der Waals surface area (Å²) in [5.74, 6) is -2.19. The lowest BCUT2D eigenvalue weighted by Gasteiger charge is -2.17. The van der Waals surface area contributed by atoms with Gasteiger partial charge in [-0.25, -0.2) is 4.79 Å². The Labute approximate surface area is 200 Å². The third-order valence-electron chi connectivity index (χ3n) is 5.64. The molecule has 0 saturated carbocycles. The number of rotatable bonds is 6. The molecule has 0 atom stereocenters. The van der Waals surface area contributed by atoms with Gasteiger partial charge in [-0.05, 0) is 36.1 Å². The smallest absolute Gasteiger partial charge is 0.356 e. The number of nitrogens with two attached hydrogens (primary N) is 1. The monoisotopic (exact) mass is 469 g/mol. The zero-order valence-electron chi connectivity index (χ0n) is 19.2. The number of aromatic nitrogens is 1. The van der Waals surface area contributed by atoms with Crippen LogP contribution in [0.15, 0.2) is 77.6 Å². The molecule has 8 nitrogen and oxygen atoms in total. The quantitative estimate of drug-likeness (QED) is 0.419. The SMILES string of the molecule is Cc1ccc(-c2c(C(=O)OCC(=O)Nc3ccccc3C(N)=O)n(C)c(=O)c3ccccc23)cc1. The number of ether oxygens (including phenoxy) is 1. The van der Waals surface area contributed by atoms with E-state index in [0.29, 0.717) is 16.3 Å². The number of carbonyl (C=O) groups excluding carboxylic acids is 3. The van der Waals surface area contributed by atoms with Crippen molar-refractivity contribution in [2.75, 3.05) is 11.9 Å². The van der Waals surface area contributed by atoms with E-state index in [1.165, 1.54) is 23.7 Å². The van der Waals surface area contributed by atoms with Gasteiger partial charge in [-0.3, -0.25) is 14.4 Å². The number of anilines is 1. The molecule has 1 aromatic heterocycles. The number of primary amides is 1. The maximum absolute atomic E-state index is 13.2. The predicted molar refractivity (Wildman–Crippen MR) is 133 cm³/mol. The normalized spacial score (nSPS) is 10.7. The van der Waals surface area contributed by atoms with E-state index in [4.69, 9.17) is 10.5 Å². The lowest BCUT2D eigenvalue weighted by Crippen LogP contribution is -2.28. The number of esters is 1. The van der Waals surface area contributed by atoms with Crippen LogP contribution in [0.4, 0.5) is 5.69 Å². The highest BCUT2D eigenvalue weighted by atomic mass is 16.5. The zero-order valence-corrected chi connectivity index (χ0v) is 19.2. The maximum Gasteiger partial charge on any atom is 0.356 e. The average molecular weight is 469 g/mol. The Morgan fingerprint density at radius 3 is 2.23 bits per heavy atom. The van der Waals surface area contributed by atoms with Crippen LogP contribution in [-0.4, -0.2) is 29.0 Å². The Morgan fingerprint density at radius 1 is 0.914 bits per heavy atom. The molecule has 8 heteroatoms. The predicted octanol–water partition coefficient (Wildman–Crippen LogP) is 3.41. The van der Waals surface area contributed by atoms with Crippen LogP contribution >= 0.6 is 0 Å². The minimum atomic E-state index is -0.829. The van der Waals surface area contributed by atoms with Gasteiger partial charge in [0.2, 0.25) is 0 Å². The van der Waals surface area contributed by atoms with Crippen LogP contribution in [0.5, 0.6) is 0 Å². The van der Waals surface area contributed by atoms with Crippen molar-refractivity contribution in [2.45, 2.75) is 6.92 Å². The van der Waals surface area contributed by atoms with Crippen molar-refractivity contribution in [3.05, 3.63) is 100.0 Å². The van der Waals surface area contributed by atoms with E-state index in [-0.39, 0.29) is 22.5 Å². The van der Waals surface area contributed by atoms with Gasteiger partial charge in [-0.15, -0.1) is 0 Å². The van der Waals surface area contributed by atoms with Crippen LogP contribution in [0.3, 0.4) is 0 Å². The number of fused-ring (bicyclic) bond motifs is 1. The van der Waals surface area contributed by atoms with Crippen LogP contribution in [0.25, 0.3) is 21.9 Å². The Balaban J connectivity index is 1.68. The number of hydrogen-bond acceptors (Lipinski definition) is 5. The lowest BCUT2D eigenvalue weighted by molar-refractivity contribution is -0.119. The van der Waals surface area contributed by atoms with E-state index in [9.17, 15) is 19.2 Å². The first kappa shape index (κ1) is 23.4. The summed E-state index contributed by atoms with van der Waals surface area (Å²) in [7, 11) is 1.49. The van der Waals surface area contributed by atoms with Crippen molar-refractivity contribution in [3.63, 3.8) is 0 Å². The molecule has 176 valence electrons. The number of pyridine rings is 1. The van der Waals surface area contributed by atoms with Crippen LogP contribution in [0.2, 0.25) is 0 Å². The third-order valence-corrected chi connectivity index (χ3v) is 5.64. The van der Waals surface area contributed by atoms with Gasteiger partial charge in [0.05, 0.1) is 11.3 Å². The highest BCUT2D eigenvalue weighted by molar-refractivity contribution is 6.08. The molecule has 4 aromatic rings. The average Bonchev–Trinajstić information content (AvgIpc) is 2.85. The second-order valence-corrected chi connectivity index (χ2v) is 8.03. The Morgan fingerprint density at radius 2 is 1.54 bits per heavy atom. The molecule has 0 radical (unpaired) electrons. The molecule has 0 aliphatic heterocycles. The summed E-state index contributed by atoms with van der Waals surface area (Å²) in [6.07, 6.45) is 0. The third kappa shape index (κ3) is 4.67. The van der Waals surface area contributed by atoms with Gasteiger partial charge >= 0.3 is 5.97 Å². The molecule has 0 aliphatic carbocycles. The van der Waals surface area contributed by atoms with Crippen LogP contribution in [-0.2, 0) is 16.6 Å². The van der Waals surface area contributed by atoms with Crippen LogP contribution in [0.1, 0.15) is 26.4 Å². The number of carbonyl (C=O) groups is 3. The summed E-state index contributed by atoms with van der Waals surface area (Å²) in [5.41, 5.74) is 7.66. The standard InChI is InChI=1S/C27H23N3O5/c1-16-11-13-17(14-12-16)23-18-7-3-4-8-19(18)26(33)30(2)24(23)27(34)35-15-22(31)29-21-10-6-5-9-20(21)25(28)32/h3-14H,15H2,1-2H3,(H2,28,32)(H,29,31). The van der Waals surface area contributed by atoms with Gasteiger partial charge in [0.25, 0.3) is 17.4 Å². The lowest BCUT2D eigenvalue weighted by atomic mass is 9.96. The number of amides is 2. The molecule has 0 saturated heterocycles. The summed E-state index contributed by atoms with van der Waals surface area (Å²) in [6, 6.07) is 20.8. The summed E-state index contributed by atoms with van der Waals surface area (Å²) in [5, 5.41) is 3.59. The van der Waals surface area contributed by atoms with E-state index < -0.39 is 24.4 Å². The van der Waals surface area contributed by atoms with Gasteiger partial charge in [-0.1, -0.05) is 60.2 Å². The number of nitrogens with one attached hydrogen (secondary N) is 1. The molecule has 3 N–H and O–H groups in total. The van der Waals surface area contributed by atoms with Crippen LogP contribution in [0, 0.1) is 6.92 Å².